The van der Waals surface area contributed by atoms with Gasteiger partial charge >= 0.3 is 48.1 Å². The van der Waals surface area contributed by atoms with Gasteiger partial charge in [-0.2, -0.15) is 0 Å². The summed E-state index contributed by atoms with van der Waals surface area (Å²) in [4.78, 5) is 0. The second-order valence-electron chi connectivity index (χ2n) is 2.17. The molecule has 13 nitrogen and oxygen atoms in total. The fourth-order valence-electron chi connectivity index (χ4n) is 0.204. The van der Waals surface area contributed by atoms with Gasteiger partial charge in [0.05, 0.1) is 0 Å². The molecule has 0 unspecified atom stereocenters. The summed E-state index contributed by atoms with van der Waals surface area (Å²) in [5.74, 6) is 0. The molecule has 0 atom stereocenters. The van der Waals surface area contributed by atoms with Crippen LogP contribution in [0.3, 0.4) is 0 Å². The van der Waals surface area contributed by atoms with Gasteiger partial charge in [-0.05, 0) is 13.8 Å². The molecule has 0 aliphatic rings. The molecule has 0 saturated carbocycles. The molecule has 0 aliphatic heterocycles. The topological polar surface area (TPSA) is 252 Å². The van der Waals surface area contributed by atoms with Gasteiger partial charge in [-0.3, -0.25) is 0 Å². The van der Waals surface area contributed by atoms with E-state index in [1.165, 1.54) is 0 Å². The Balaban J connectivity index is -0.0000000361. The molecule has 0 aromatic rings. The molecule has 0 amide bonds. The third-order valence-corrected chi connectivity index (χ3v) is 0.408. The normalized spacial score (nSPS) is 6.82. The van der Waals surface area contributed by atoms with E-state index in [2.05, 4.69) is 0 Å². The first-order chi connectivity index (χ1) is 9.34. The standard InChI is InChI=1S/C4H10O.4BH3O3.Li.H/c1-3-5-4-2;4*2-1(3)4;;/h3-4H2,1-2H3;4*2-4H;;. The number of hydrogen-bond acceptors (Lipinski definition) is 13. The quantitative estimate of drug-likeness (QED) is 0.210. The number of hydrogen-bond donors (Lipinski definition) is 12. The van der Waals surface area contributed by atoms with Crippen LogP contribution in [0.25, 0.3) is 0 Å². The van der Waals surface area contributed by atoms with Gasteiger partial charge in [-0.25, -0.2) is 0 Å². The van der Waals surface area contributed by atoms with Crippen molar-refractivity contribution in [1.82, 2.24) is 0 Å². The van der Waals surface area contributed by atoms with Crippen molar-refractivity contribution < 1.29 is 65.0 Å². The second kappa shape index (κ2) is 37.5. The summed E-state index contributed by atoms with van der Waals surface area (Å²) >= 11 is 0. The molecule has 0 bridgehead atoms. The van der Waals surface area contributed by atoms with Gasteiger partial charge in [0.25, 0.3) is 0 Å². The van der Waals surface area contributed by atoms with E-state index in [0.717, 1.165) is 13.2 Å². The summed E-state index contributed by atoms with van der Waals surface area (Å²) in [6.45, 7) is 5.67. The van der Waals surface area contributed by atoms with Gasteiger partial charge in [0, 0.05) is 13.2 Å². The molecule has 0 radical (unpaired) electrons. The minimum absolute atomic E-state index is 0. The predicted octanol–water partition coefficient (Wildman–Crippen LogP) is -7.81. The van der Waals surface area contributed by atoms with Crippen LogP contribution in [0, 0.1) is 0 Å². The third kappa shape index (κ3) is 1390. The number of ether oxygens (including phenoxy) is 1. The zero-order chi connectivity index (χ0) is 18.4. The fraction of sp³-hybridized carbons (Fsp3) is 1.00. The van der Waals surface area contributed by atoms with Crippen molar-refractivity contribution >= 4 is 48.1 Å². The maximum atomic E-state index is 7.17. The first-order valence-corrected chi connectivity index (χ1v) is 5.09. The average molecular weight is 329 g/mol. The van der Waals surface area contributed by atoms with Crippen molar-refractivity contribution in [2.75, 3.05) is 13.2 Å². The van der Waals surface area contributed by atoms with Crippen molar-refractivity contribution in [3.8, 4) is 0 Å². The molecule has 0 aliphatic carbocycles. The molecule has 0 heterocycles. The zero-order valence-corrected chi connectivity index (χ0v) is 11.5. The average Bonchev–Trinajstić information content (AvgIpc) is 2.14. The Morgan fingerprint density at radius 3 is 0.591 bits per heavy atom. The second-order valence-corrected chi connectivity index (χ2v) is 2.17. The predicted molar refractivity (Wildman–Crippen MR) is 79.0 cm³/mol. The molecule has 18 heteroatoms. The van der Waals surface area contributed by atoms with E-state index in [1.807, 2.05) is 13.8 Å². The molecular formula is C4H23B4LiO13. The van der Waals surface area contributed by atoms with E-state index in [0.29, 0.717) is 0 Å². The van der Waals surface area contributed by atoms with Crippen molar-refractivity contribution in [2.45, 2.75) is 13.8 Å². The van der Waals surface area contributed by atoms with Crippen molar-refractivity contribution in [3.05, 3.63) is 0 Å². The third-order valence-electron chi connectivity index (χ3n) is 0.408. The maximum absolute atomic E-state index is 7.17. The molecule has 0 saturated heterocycles. The summed E-state index contributed by atoms with van der Waals surface area (Å²) in [7, 11) is -8.67. The monoisotopic (exact) mass is 330 g/mol. The Bertz CT molecular complexity index is 106. The van der Waals surface area contributed by atoms with E-state index in [1.54, 1.807) is 0 Å². The molecule has 0 fully saturated rings. The summed E-state index contributed by atoms with van der Waals surface area (Å²) < 4.78 is 4.83. The summed E-state index contributed by atoms with van der Waals surface area (Å²) in [6, 6.07) is 0. The van der Waals surface area contributed by atoms with Crippen LogP contribution < -0.4 is 0 Å². The molecule has 0 aromatic carbocycles. The zero-order valence-electron chi connectivity index (χ0n) is 11.5. The van der Waals surface area contributed by atoms with Gasteiger partial charge in [-0.15, -0.1) is 0 Å². The van der Waals surface area contributed by atoms with Crippen molar-refractivity contribution in [3.63, 3.8) is 0 Å². The minimum atomic E-state index is -2.17. The molecule has 0 rings (SSSR count). The van der Waals surface area contributed by atoms with Gasteiger partial charge in [0.2, 0.25) is 0 Å². The summed E-state index contributed by atoms with van der Waals surface area (Å²) in [5, 5.41) is 86.0. The van der Waals surface area contributed by atoms with Crippen LogP contribution in [-0.2, 0) is 4.74 Å². The Morgan fingerprint density at radius 1 is 0.500 bits per heavy atom. The van der Waals surface area contributed by atoms with Crippen LogP contribution in [-0.4, -0.2) is 122 Å². The number of rotatable bonds is 2. The van der Waals surface area contributed by atoms with E-state index >= 15 is 0 Å². The van der Waals surface area contributed by atoms with Gasteiger partial charge in [0.15, 0.2) is 0 Å². The van der Waals surface area contributed by atoms with Gasteiger partial charge < -0.3 is 65.0 Å². The van der Waals surface area contributed by atoms with Gasteiger partial charge in [0.1, 0.15) is 0 Å². The fourth-order valence-corrected chi connectivity index (χ4v) is 0.204. The van der Waals surface area contributed by atoms with Crippen LogP contribution >= 0.6 is 0 Å². The van der Waals surface area contributed by atoms with E-state index in [-0.39, 0.29) is 18.9 Å². The molecular weight excluding hydrogens is 306 g/mol. The Morgan fingerprint density at radius 2 is 0.591 bits per heavy atom. The first-order valence-electron chi connectivity index (χ1n) is 5.09. The van der Waals surface area contributed by atoms with E-state index in [9.17, 15) is 0 Å². The van der Waals surface area contributed by atoms with Crippen LogP contribution in [0.2, 0.25) is 0 Å². The molecule has 0 spiro atoms. The van der Waals surface area contributed by atoms with Crippen molar-refractivity contribution in [2.24, 2.45) is 0 Å². The summed E-state index contributed by atoms with van der Waals surface area (Å²) in [6.07, 6.45) is 0. The Hall–Kier alpha value is 0.337. The SMILES string of the molecule is CCOCC.OB(O)O.OB(O)O.OB(O)O.OB(O)O.[LiH]. The molecule has 22 heavy (non-hydrogen) atoms. The summed E-state index contributed by atoms with van der Waals surface area (Å²) in [5.41, 5.74) is 0. The van der Waals surface area contributed by atoms with Crippen LogP contribution in [0.15, 0.2) is 0 Å². The molecule has 130 valence electrons. The molecule has 0 aromatic heterocycles. The van der Waals surface area contributed by atoms with Crippen LogP contribution in [0.4, 0.5) is 0 Å². The van der Waals surface area contributed by atoms with E-state index in [4.69, 9.17) is 65.0 Å². The molecule has 12 N–H and O–H groups in total. The van der Waals surface area contributed by atoms with Crippen molar-refractivity contribution in [1.29, 1.82) is 0 Å². The Labute approximate surface area is 141 Å². The first kappa shape index (κ1) is 38.1. The van der Waals surface area contributed by atoms with Crippen LogP contribution in [0.5, 0.6) is 0 Å². The van der Waals surface area contributed by atoms with E-state index < -0.39 is 29.3 Å². The van der Waals surface area contributed by atoms with Gasteiger partial charge in [-0.1, -0.05) is 0 Å². The van der Waals surface area contributed by atoms with Crippen LogP contribution in [0.1, 0.15) is 13.8 Å². The Kier molecular flexibility index (Phi) is 65.0.